The molecule has 8 heteroatoms. The molecule has 18 heavy (non-hydrogen) atoms. The summed E-state index contributed by atoms with van der Waals surface area (Å²) in [6, 6.07) is 5.88. The molecule has 0 saturated heterocycles. The van der Waals surface area contributed by atoms with Gasteiger partial charge in [-0.1, -0.05) is 23.2 Å². The van der Waals surface area contributed by atoms with E-state index in [0.29, 0.717) is 15.1 Å². The maximum atomic E-state index is 10.7. The molecule has 2 aromatic heterocycles. The Labute approximate surface area is 116 Å². The molecule has 0 amide bonds. The first-order valence-electron chi connectivity index (χ1n) is 4.66. The van der Waals surface area contributed by atoms with Crippen molar-refractivity contribution in [3.05, 3.63) is 50.8 Å². The van der Waals surface area contributed by atoms with Gasteiger partial charge in [-0.25, -0.2) is 9.97 Å². The zero-order valence-corrected chi connectivity index (χ0v) is 11.0. The fourth-order valence-electron chi connectivity index (χ4n) is 1.16. The lowest BCUT2D eigenvalue weighted by Crippen LogP contribution is -1.91. The van der Waals surface area contributed by atoms with Gasteiger partial charge in [0.05, 0.1) is 16.0 Å². The Bertz CT molecular complexity index is 609. The first-order chi connectivity index (χ1) is 8.56. The number of hydrogen-bond acceptors (Lipinski definition) is 5. The summed E-state index contributed by atoms with van der Waals surface area (Å²) in [5, 5.41) is 12.1. The maximum Gasteiger partial charge on any atom is 0.275 e. The molecule has 0 fully saturated rings. The largest absolute Gasteiger partial charge is 0.275 e. The molecule has 0 spiro atoms. The van der Waals surface area contributed by atoms with E-state index in [1.807, 2.05) is 0 Å². The van der Waals surface area contributed by atoms with Crippen LogP contribution in [0, 0.1) is 10.1 Å². The molecular formula is C10H5Cl2N3O2S. The highest BCUT2D eigenvalue weighted by molar-refractivity contribution is 7.99. The Morgan fingerprint density at radius 2 is 2.11 bits per heavy atom. The zero-order chi connectivity index (χ0) is 13.1. The number of nitrogens with zero attached hydrogens (tertiary/aromatic N) is 3. The molecule has 5 nitrogen and oxygen atoms in total. The molecule has 2 heterocycles. The van der Waals surface area contributed by atoms with Crippen LogP contribution in [0.4, 0.5) is 5.69 Å². The van der Waals surface area contributed by atoms with Crippen molar-refractivity contribution < 1.29 is 4.92 Å². The van der Waals surface area contributed by atoms with E-state index in [1.165, 1.54) is 12.1 Å². The highest BCUT2D eigenvalue weighted by Crippen LogP contribution is 2.32. The third-order valence-corrected chi connectivity index (χ3v) is 3.44. The van der Waals surface area contributed by atoms with Crippen LogP contribution in [-0.2, 0) is 0 Å². The van der Waals surface area contributed by atoms with Crippen LogP contribution in [0.1, 0.15) is 0 Å². The first kappa shape index (κ1) is 13.1. The van der Waals surface area contributed by atoms with E-state index in [-0.39, 0.29) is 10.8 Å². The molecule has 0 aliphatic carbocycles. The molecule has 0 aliphatic rings. The summed E-state index contributed by atoms with van der Waals surface area (Å²) in [4.78, 5) is 18.2. The second-order valence-corrected chi connectivity index (χ2v) is 4.94. The summed E-state index contributed by atoms with van der Waals surface area (Å²) in [6.07, 6.45) is 1.58. The predicted octanol–water partition coefficient (Wildman–Crippen LogP) is 3.84. The van der Waals surface area contributed by atoms with Crippen molar-refractivity contribution >= 4 is 40.7 Å². The van der Waals surface area contributed by atoms with Gasteiger partial charge in [0.2, 0.25) is 0 Å². The molecular weight excluding hydrogens is 297 g/mol. The van der Waals surface area contributed by atoms with Gasteiger partial charge in [0.1, 0.15) is 15.2 Å². The zero-order valence-electron chi connectivity index (χ0n) is 8.71. The monoisotopic (exact) mass is 301 g/mol. The van der Waals surface area contributed by atoms with Crippen LogP contribution in [0.25, 0.3) is 0 Å². The molecule has 0 atom stereocenters. The second-order valence-electron chi connectivity index (χ2n) is 3.14. The minimum Gasteiger partial charge on any atom is -0.258 e. The summed E-state index contributed by atoms with van der Waals surface area (Å²) < 4.78 is 0. The van der Waals surface area contributed by atoms with Gasteiger partial charge >= 0.3 is 0 Å². The van der Waals surface area contributed by atoms with E-state index in [0.717, 1.165) is 11.8 Å². The van der Waals surface area contributed by atoms with Crippen molar-refractivity contribution in [1.29, 1.82) is 0 Å². The first-order valence-corrected chi connectivity index (χ1v) is 6.24. The molecule has 92 valence electrons. The van der Waals surface area contributed by atoms with Crippen LogP contribution >= 0.6 is 35.0 Å². The lowest BCUT2D eigenvalue weighted by molar-refractivity contribution is -0.385. The summed E-state index contributed by atoms with van der Waals surface area (Å²) in [7, 11) is 0. The van der Waals surface area contributed by atoms with E-state index < -0.39 is 4.92 Å². The summed E-state index contributed by atoms with van der Waals surface area (Å²) >= 11 is 12.8. The van der Waals surface area contributed by atoms with Crippen LogP contribution in [-0.4, -0.2) is 14.9 Å². The van der Waals surface area contributed by atoms with Crippen molar-refractivity contribution in [3.63, 3.8) is 0 Å². The van der Waals surface area contributed by atoms with Crippen LogP contribution in [0.15, 0.2) is 40.5 Å². The number of halogens is 2. The van der Waals surface area contributed by atoms with Gasteiger partial charge in [0.25, 0.3) is 5.69 Å². The Kier molecular flexibility index (Phi) is 4.00. The van der Waals surface area contributed by atoms with E-state index in [9.17, 15) is 10.1 Å². The van der Waals surface area contributed by atoms with E-state index in [1.54, 1.807) is 18.3 Å². The second kappa shape index (κ2) is 5.51. The van der Waals surface area contributed by atoms with Crippen molar-refractivity contribution in [1.82, 2.24) is 9.97 Å². The Morgan fingerprint density at radius 3 is 2.78 bits per heavy atom. The predicted molar refractivity (Wildman–Crippen MR) is 69.3 cm³/mol. The van der Waals surface area contributed by atoms with E-state index in [2.05, 4.69) is 9.97 Å². The summed E-state index contributed by atoms with van der Waals surface area (Å²) in [6.45, 7) is 0. The van der Waals surface area contributed by atoms with Crippen molar-refractivity contribution in [2.45, 2.75) is 10.1 Å². The third-order valence-electron chi connectivity index (χ3n) is 1.89. The van der Waals surface area contributed by atoms with E-state index >= 15 is 0 Å². The van der Waals surface area contributed by atoms with Gasteiger partial charge in [-0.15, -0.1) is 0 Å². The average Bonchev–Trinajstić information content (AvgIpc) is 2.31. The molecule has 2 aromatic rings. The van der Waals surface area contributed by atoms with Crippen molar-refractivity contribution in [2.24, 2.45) is 0 Å². The van der Waals surface area contributed by atoms with Gasteiger partial charge in [-0.2, -0.15) is 0 Å². The molecule has 0 N–H and O–H groups in total. The Morgan fingerprint density at radius 1 is 1.33 bits per heavy atom. The number of aromatic nitrogens is 2. The van der Waals surface area contributed by atoms with Crippen LogP contribution < -0.4 is 0 Å². The molecule has 0 unspecified atom stereocenters. The Balaban J connectivity index is 2.35. The smallest absolute Gasteiger partial charge is 0.258 e. The van der Waals surface area contributed by atoms with Gasteiger partial charge < -0.3 is 0 Å². The fraction of sp³-hybridized carbons (Fsp3) is 0. The van der Waals surface area contributed by atoms with Gasteiger partial charge in [0, 0.05) is 12.3 Å². The van der Waals surface area contributed by atoms with Crippen molar-refractivity contribution in [3.8, 4) is 0 Å². The van der Waals surface area contributed by atoms with Gasteiger partial charge in [-0.3, -0.25) is 10.1 Å². The fourth-order valence-corrected chi connectivity index (χ4v) is 2.45. The number of pyridine rings is 2. The standard InChI is InChI=1S/C10H5Cl2N3O2S/c11-7-2-1-3-13-10(7)18-9-5-6(15(16)17)4-8(12)14-9/h1-5H. The maximum absolute atomic E-state index is 10.7. The molecule has 0 radical (unpaired) electrons. The van der Waals surface area contributed by atoms with Crippen LogP contribution in [0.5, 0.6) is 0 Å². The van der Waals surface area contributed by atoms with E-state index in [4.69, 9.17) is 23.2 Å². The molecule has 2 rings (SSSR count). The summed E-state index contributed by atoms with van der Waals surface area (Å²) in [5.74, 6) is 0. The van der Waals surface area contributed by atoms with Crippen LogP contribution in [0.2, 0.25) is 10.2 Å². The molecule has 0 bridgehead atoms. The lowest BCUT2D eigenvalue weighted by Gasteiger charge is -2.02. The summed E-state index contributed by atoms with van der Waals surface area (Å²) in [5.41, 5.74) is -0.121. The number of rotatable bonds is 3. The lowest BCUT2D eigenvalue weighted by atomic mass is 10.4. The molecule has 0 saturated carbocycles. The quantitative estimate of drug-likeness (QED) is 0.489. The van der Waals surface area contributed by atoms with Gasteiger partial charge in [0.15, 0.2) is 0 Å². The van der Waals surface area contributed by atoms with Crippen LogP contribution in [0.3, 0.4) is 0 Å². The Hall–Kier alpha value is -1.37. The third kappa shape index (κ3) is 3.10. The number of hydrogen-bond donors (Lipinski definition) is 0. The van der Waals surface area contributed by atoms with Gasteiger partial charge in [-0.05, 0) is 23.9 Å². The minimum atomic E-state index is -0.530. The highest BCUT2D eigenvalue weighted by Gasteiger charge is 2.12. The minimum absolute atomic E-state index is 0.0544. The topological polar surface area (TPSA) is 68.9 Å². The SMILES string of the molecule is O=[N+]([O-])c1cc(Cl)nc(Sc2ncccc2Cl)c1. The highest BCUT2D eigenvalue weighted by atomic mass is 35.5. The van der Waals surface area contributed by atoms with Crippen molar-refractivity contribution in [2.75, 3.05) is 0 Å². The average molecular weight is 302 g/mol. The molecule has 0 aromatic carbocycles. The normalized spacial score (nSPS) is 10.3. The number of nitro groups is 1. The molecule has 0 aliphatic heterocycles.